The molecule has 2 rings (SSSR count). The van der Waals surface area contributed by atoms with Crippen LogP contribution in [0.15, 0.2) is 6.20 Å². The van der Waals surface area contributed by atoms with Crippen molar-refractivity contribution in [2.45, 2.75) is 32.7 Å². The summed E-state index contributed by atoms with van der Waals surface area (Å²) in [7, 11) is 1.85. The summed E-state index contributed by atoms with van der Waals surface area (Å²) in [6.45, 7) is 7.37. The van der Waals surface area contributed by atoms with E-state index in [4.69, 9.17) is 0 Å². The van der Waals surface area contributed by atoms with Gasteiger partial charge < -0.3 is 10.0 Å². The first kappa shape index (κ1) is 16.0. The Morgan fingerprint density at radius 2 is 2.00 bits per heavy atom. The molecule has 1 saturated heterocycles. The van der Waals surface area contributed by atoms with Crippen molar-refractivity contribution >= 4 is 5.91 Å². The Hall–Kier alpha value is -1.40. The number of rotatable bonds is 5. The largest absolute Gasteiger partial charge is 0.395 e. The van der Waals surface area contributed by atoms with Crippen molar-refractivity contribution in [2.24, 2.45) is 7.05 Å². The minimum absolute atomic E-state index is 0.0802. The molecule has 0 saturated carbocycles. The number of aliphatic hydroxyl groups is 1. The van der Waals surface area contributed by atoms with Crippen LogP contribution in [0.5, 0.6) is 0 Å². The van der Waals surface area contributed by atoms with Crippen LogP contribution < -0.4 is 0 Å². The van der Waals surface area contributed by atoms with Gasteiger partial charge in [-0.15, -0.1) is 0 Å². The van der Waals surface area contributed by atoms with Gasteiger partial charge in [0.15, 0.2) is 0 Å². The number of amides is 1. The van der Waals surface area contributed by atoms with Gasteiger partial charge in [0.05, 0.1) is 17.9 Å². The number of aryl methyl sites for hydroxylation is 2. The number of aliphatic hydroxyl groups excluding tert-OH is 1. The van der Waals surface area contributed by atoms with Gasteiger partial charge in [-0.3, -0.25) is 14.4 Å². The normalized spacial score (nSPS) is 18.0. The first-order valence-electron chi connectivity index (χ1n) is 7.77. The molecule has 118 valence electrons. The summed E-state index contributed by atoms with van der Waals surface area (Å²) in [6, 6.07) is 0.215. The fraction of sp³-hybridized carbons (Fsp3) is 0.733. The molecule has 0 bridgehead atoms. The van der Waals surface area contributed by atoms with E-state index in [9.17, 15) is 9.90 Å². The first-order valence-corrected chi connectivity index (χ1v) is 7.77. The highest BCUT2D eigenvalue weighted by atomic mass is 16.3. The number of carbonyl (C=O) groups is 1. The molecule has 1 fully saturated rings. The van der Waals surface area contributed by atoms with Crippen LogP contribution in [0, 0.1) is 0 Å². The molecule has 1 atom stereocenters. The van der Waals surface area contributed by atoms with E-state index in [1.54, 1.807) is 4.68 Å². The van der Waals surface area contributed by atoms with Gasteiger partial charge in [0.25, 0.3) is 5.91 Å². The zero-order valence-electron chi connectivity index (χ0n) is 13.2. The zero-order valence-corrected chi connectivity index (χ0v) is 13.2. The van der Waals surface area contributed by atoms with E-state index >= 15 is 0 Å². The summed E-state index contributed by atoms with van der Waals surface area (Å²) in [5.41, 5.74) is 1.59. The molecule has 6 heteroatoms. The average molecular weight is 294 g/mol. The topological polar surface area (TPSA) is 61.6 Å². The summed E-state index contributed by atoms with van der Waals surface area (Å²) in [6.07, 6.45) is 3.52. The Morgan fingerprint density at radius 1 is 1.33 bits per heavy atom. The molecule has 1 aromatic heterocycles. The third-order valence-corrected chi connectivity index (χ3v) is 4.27. The third kappa shape index (κ3) is 3.44. The molecule has 0 aliphatic carbocycles. The van der Waals surface area contributed by atoms with Crippen LogP contribution in [0.25, 0.3) is 0 Å². The summed E-state index contributed by atoms with van der Waals surface area (Å²) < 4.78 is 1.71. The van der Waals surface area contributed by atoms with Crippen LogP contribution in [0.4, 0.5) is 0 Å². The predicted octanol–water partition coefficient (Wildman–Crippen LogP) is 0.511. The number of aromatic nitrogens is 2. The van der Waals surface area contributed by atoms with E-state index in [-0.39, 0.29) is 18.6 Å². The van der Waals surface area contributed by atoms with E-state index < -0.39 is 0 Å². The quantitative estimate of drug-likeness (QED) is 0.859. The molecule has 0 aromatic carbocycles. The summed E-state index contributed by atoms with van der Waals surface area (Å²) >= 11 is 0. The molecular formula is C15H26N4O2. The van der Waals surface area contributed by atoms with Crippen molar-refractivity contribution in [3.05, 3.63) is 17.5 Å². The van der Waals surface area contributed by atoms with E-state index in [1.165, 1.54) is 0 Å². The van der Waals surface area contributed by atoms with E-state index in [2.05, 4.69) is 16.9 Å². The minimum atomic E-state index is 0.0802. The molecular weight excluding hydrogens is 268 g/mol. The molecule has 2 heterocycles. The van der Waals surface area contributed by atoms with Crippen molar-refractivity contribution in [1.82, 2.24) is 19.6 Å². The van der Waals surface area contributed by atoms with Gasteiger partial charge in [0, 0.05) is 45.5 Å². The second kappa shape index (κ2) is 7.04. The summed E-state index contributed by atoms with van der Waals surface area (Å²) in [4.78, 5) is 16.8. The Morgan fingerprint density at radius 3 is 2.52 bits per heavy atom. The Balaban J connectivity index is 2.00. The highest BCUT2D eigenvalue weighted by Crippen LogP contribution is 2.14. The summed E-state index contributed by atoms with van der Waals surface area (Å²) in [5.74, 6) is 0.0802. The van der Waals surface area contributed by atoms with Crippen LogP contribution in [0.2, 0.25) is 0 Å². The lowest BCUT2D eigenvalue weighted by Gasteiger charge is -2.38. The van der Waals surface area contributed by atoms with Gasteiger partial charge in [0.2, 0.25) is 0 Å². The second-order valence-electron chi connectivity index (χ2n) is 5.59. The monoisotopic (exact) mass is 294 g/mol. The van der Waals surface area contributed by atoms with Crippen LogP contribution >= 0.6 is 0 Å². The summed E-state index contributed by atoms with van der Waals surface area (Å²) in [5, 5.41) is 13.7. The fourth-order valence-electron chi connectivity index (χ4n) is 2.94. The lowest BCUT2D eigenvalue weighted by Crippen LogP contribution is -2.52. The highest BCUT2D eigenvalue weighted by Gasteiger charge is 2.27. The predicted molar refractivity (Wildman–Crippen MR) is 81.2 cm³/mol. The van der Waals surface area contributed by atoms with Crippen LogP contribution in [-0.4, -0.2) is 69.4 Å². The molecule has 0 spiro atoms. The Bertz CT molecular complexity index is 474. The van der Waals surface area contributed by atoms with E-state index in [0.717, 1.165) is 37.2 Å². The van der Waals surface area contributed by atoms with Crippen molar-refractivity contribution in [3.8, 4) is 0 Å². The maximum absolute atomic E-state index is 12.6. The maximum atomic E-state index is 12.6. The minimum Gasteiger partial charge on any atom is -0.395 e. The number of hydrogen-bond donors (Lipinski definition) is 1. The Kier molecular flexibility index (Phi) is 5.36. The second-order valence-corrected chi connectivity index (χ2v) is 5.59. The van der Waals surface area contributed by atoms with E-state index in [1.807, 2.05) is 25.1 Å². The van der Waals surface area contributed by atoms with Gasteiger partial charge in [-0.2, -0.15) is 5.10 Å². The fourth-order valence-corrected chi connectivity index (χ4v) is 2.94. The van der Waals surface area contributed by atoms with Gasteiger partial charge >= 0.3 is 0 Å². The smallest absolute Gasteiger partial charge is 0.257 e. The molecule has 6 nitrogen and oxygen atoms in total. The van der Waals surface area contributed by atoms with Crippen molar-refractivity contribution in [1.29, 1.82) is 0 Å². The molecule has 1 aromatic rings. The molecule has 1 aliphatic heterocycles. The maximum Gasteiger partial charge on any atom is 0.257 e. The number of hydrogen-bond acceptors (Lipinski definition) is 4. The van der Waals surface area contributed by atoms with Crippen molar-refractivity contribution < 1.29 is 9.90 Å². The van der Waals surface area contributed by atoms with Crippen LogP contribution in [0.3, 0.4) is 0 Å². The molecule has 1 aliphatic rings. The standard InChI is InChI=1S/C15H26N4O2/c1-4-12(11-20)18-6-8-19(9-7-18)15(21)13-10-17(3)16-14(13)5-2/h10,12,20H,4-9,11H2,1-3H3. The molecule has 1 unspecified atom stereocenters. The van der Waals surface area contributed by atoms with Crippen molar-refractivity contribution in [2.75, 3.05) is 32.8 Å². The van der Waals surface area contributed by atoms with Gasteiger partial charge in [-0.1, -0.05) is 13.8 Å². The van der Waals surface area contributed by atoms with E-state index in [0.29, 0.717) is 13.1 Å². The van der Waals surface area contributed by atoms with Crippen LogP contribution in [0.1, 0.15) is 36.3 Å². The Labute approximate surface area is 126 Å². The SMILES string of the molecule is CCc1nn(C)cc1C(=O)N1CCN(C(CC)CO)CC1. The zero-order chi connectivity index (χ0) is 15.4. The van der Waals surface area contributed by atoms with Gasteiger partial charge in [0.1, 0.15) is 0 Å². The highest BCUT2D eigenvalue weighted by molar-refractivity contribution is 5.95. The molecule has 1 amide bonds. The van der Waals surface area contributed by atoms with Crippen molar-refractivity contribution in [3.63, 3.8) is 0 Å². The van der Waals surface area contributed by atoms with Gasteiger partial charge in [-0.25, -0.2) is 0 Å². The average Bonchev–Trinajstić information content (AvgIpc) is 2.89. The molecule has 1 N–H and O–H groups in total. The third-order valence-electron chi connectivity index (χ3n) is 4.27. The lowest BCUT2D eigenvalue weighted by molar-refractivity contribution is 0.0471. The number of piperazine rings is 1. The number of carbonyl (C=O) groups excluding carboxylic acids is 1. The van der Waals surface area contributed by atoms with Gasteiger partial charge in [-0.05, 0) is 12.8 Å². The molecule has 21 heavy (non-hydrogen) atoms. The number of nitrogens with zero attached hydrogens (tertiary/aromatic N) is 4. The van der Waals surface area contributed by atoms with Crippen LogP contribution in [-0.2, 0) is 13.5 Å². The lowest BCUT2D eigenvalue weighted by atomic mass is 10.1. The first-order chi connectivity index (χ1) is 10.1. The molecule has 0 radical (unpaired) electrons.